The summed E-state index contributed by atoms with van der Waals surface area (Å²) >= 11 is 6.00. The van der Waals surface area contributed by atoms with E-state index in [0.29, 0.717) is 10.9 Å². The maximum Gasteiger partial charge on any atom is 0.137 e. The summed E-state index contributed by atoms with van der Waals surface area (Å²) in [4.78, 5) is 0. The van der Waals surface area contributed by atoms with Crippen molar-refractivity contribution in [3.63, 3.8) is 0 Å². The second-order valence-corrected chi connectivity index (χ2v) is 3.31. The molecule has 0 unspecified atom stereocenters. The second-order valence-electron chi connectivity index (χ2n) is 1.96. The minimum Gasteiger partial charge on any atom is -0.207 e. The molecule has 0 bridgehead atoms. The first kappa shape index (κ1) is 9.13. The number of hydrogen-bond donors (Lipinski definition) is 0. The van der Waals surface area contributed by atoms with E-state index < -0.39 is 11.6 Å². The number of benzene rings is 1. The first-order valence-electron chi connectivity index (χ1n) is 2.85. The van der Waals surface area contributed by atoms with Crippen molar-refractivity contribution >= 4 is 31.9 Å². The molecular formula is C7H4Br2F2. The van der Waals surface area contributed by atoms with E-state index in [1.54, 1.807) is 0 Å². The summed E-state index contributed by atoms with van der Waals surface area (Å²) in [5.41, 5.74) is 0.310. The van der Waals surface area contributed by atoms with Crippen LogP contribution in [0, 0.1) is 11.6 Å². The molecule has 0 aromatic heterocycles. The number of halogens is 4. The third kappa shape index (κ3) is 1.79. The lowest BCUT2D eigenvalue weighted by Crippen LogP contribution is -1.90. The van der Waals surface area contributed by atoms with E-state index in [1.165, 1.54) is 0 Å². The van der Waals surface area contributed by atoms with Gasteiger partial charge in [0, 0.05) is 10.9 Å². The third-order valence-corrected chi connectivity index (χ3v) is 2.69. The zero-order chi connectivity index (χ0) is 8.43. The van der Waals surface area contributed by atoms with Gasteiger partial charge in [0.15, 0.2) is 0 Å². The van der Waals surface area contributed by atoms with Crippen molar-refractivity contribution in [1.82, 2.24) is 0 Å². The summed E-state index contributed by atoms with van der Waals surface area (Å²) in [6, 6.07) is 2.20. The molecule has 0 saturated carbocycles. The molecule has 0 aliphatic heterocycles. The molecule has 4 heteroatoms. The monoisotopic (exact) mass is 284 g/mol. The fourth-order valence-corrected chi connectivity index (χ4v) is 2.08. The molecule has 1 rings (SSSR count). The third-order valence-electron chi connectivity index (χ3n) is 1.27. The molecule has 0 radical (unpaired) electrons. The van der Waals surface area contributed by atoms with Gasteiger partial charge in [-0.05, 0) is 28.1 Å². The summed E-state index contributed by atoms with van der Waals surface area (Å²) in [5, 5.41) is 0.303. The van der Waals surface area contributed by atoms with Crippen LogP contribution in [0.3, 0.4) is 0 Å². The maximum atomic E-state index is 12.8. The number of rotatable bonds is 1. The molecule has 0 nitrogen and oxygen atoms in total. The Morgan fingerprint density at radius 2 is 1.73 bits per heavy atom. The van der Waals surface area contributed by atoms with Crippen molar-refractivity contribution in [2.75, 3.05) is 0 Å². The number of hydrogen-bond acceptors (Lipinski definition) is 0. The predicted molar refractivity (Wildman–Crippen MR) is 46.7 cm³/mol. The highest BCUT2D eigenvalue weighted by atomic mass is 79.9. The fourth-order valence-electron chi connectivity index (χ4n) is 0.692. The maximum absolute atomic E-state index is 12.8. The van der Waals surface area contributed by atoms with Crippen molar-refractivity contribution in [1.29, 1.82) is 0 Å². The van der Waals surface area contributed by atoms with Crippen LogP contribution in [-0.4, -0.2) is 0 Å². The number of alkyl halides is 1. The van der Waals surface area contributed by atoms with Gasteiger partial charge in [-0.15, -0.1) is 0 Å². The average molecular weight is 286 g/mol. The van der Waals surface area contributed by atoms with Crippen LogP contribution in [0.15, 0.2) is 16.6 Å². The highest BCUT2D eigenvalue weighted by Crippen LogP contribution is 2.24. The van der Waals surface area contributed by atoms with Crippen LogP contribution in [0.25, 0.3) is 0 Å². The summed E-state index contributed by atoms with van der Waals surface area (Å²) in [7, 11) is 0. The van der Waals surface area contributed by atoms with Gasteiger partial charge in [-0.3, -0.25) is 0 Å². The van der Waals surface area contributed by atoms with E-state index in [0.717, 1.165) is 12.1 Å². The normalized spacial score (nSPS) is 10.2. The Kier molecular flexibility index (Phi) is 3.01. The van der Waals surface area contributed by atoms with Crippen molar-refractivity contribution in [3.8, 4) is 0 Å². The molecule has 1 aromatic carbocycles. The highest BCUT2D eigenvalue weighted by molar-refractivity contribution is 9.10. The van der Waals surface area contributed by atoms with Gasteiger partial charge >= 0.3 is 0 Å². The lowest BCUT2D eigenvalue weighted by atomic mass is 10.2. The molecule has 0 heterocycles. The van der Waals surface area contributed by atoms with Crippen LogP contribution in [0.4, 0.5) is 8.78 Å². The van der Waals surface area contributed by atoms with Crippen LogP contribution in [-0.2, 0) is 5.33 Å². The topological polar surface area (TPSA) is 0 Å². The van der Waals surface area contributed by atoms with E-state index in [2.05, 4.69) is 31.9 Å². The molecule has 0 aliphatic carbocycles. The fraction of sp³-hybridized carbons (Fsp3) is 0.143. The van der Waals surface area contributed by atoms with Crippen LogP contribution in [0.2, 0.25) is 0 Å². The molecular weight excluding hydrogens is 282 g/mol. The smallest absolute Gasteiger partial charge is 0.137 e. The van der Waals surface area contributed by atoms with Gasteiger partial charge in [0.25, 0.3) is 0 Å². The molecule has 0 N–H and O–H groups in total. The Hall–Kier alpha value is 0.0400. The standard InChI is InChI=1S/C7H4Br2F2/c8-3-4-5(10)1-2-6(11)7(4)9/h1-2H,3H2. The Labute approximate surface area is 79.9 Å². The largest absolute Gasteiger partial charge is 0.207 e. The minimum absolute atomic E-state index is 0.189. The van der Waals surface area contributed by atoms with Gasteiger partial charge in [0.1, 0.15) is 11.6 Å². The Bertz CT molecular complexity index is 273. The van der Waals surface area contributed by atoms with Crippen molar-refractivity contribution in [3.05, 3.63) is 33.8 Å². The summed E-state index contributed by atoms with van der Waals surface area (Å²) in [6.07, 6.45) is 0. The van der Waals surface area contributed by atoms with E-state index >= 15 is 0 Å². The average Bonchev–Trinajstić information content (AvgIpc) is 1.99. The van der Waals surface area contributed by atoms with Crippen LogP contribution >= 0.6 is 31.9 Å². The van der Waals surface area contributed by atoms with Crippen LogP contribution in [0.5, 0.6) is 0 Å². The van der Waals surface area contributed by atoms with Gasteiger partial charge in [-0.1, -0.05) is 15.9 Å². The van der Waals surface area contributed by atoms with Gasteiger partial charge in [0.05, 0.1) is 4.47 Å². The van der Waals surface area contributed by atoms with Crippen molar-refractivity contribution in [2.24, 2.45) is 0 Å². The van der Waals surface area contributed by atoms with E-state index in [1.807, 2.05) is 0 Å². The van der Waals surface area contributed by atoms with Gasteiger partial charge in [-0.25, -0.2) is 8.78 Å². The second kappa shape index (κ2) is 3.63. The van der Waals surface area contributed by atoms with E-state index in [-0.39, 0.29) is 4.47 Å². The Balaban J connectivity index is 3.29. The lowest BCUT2D eigenvalue weighted by molar-refractivity contribution is 0.586. The molecule has 0 aliphatic rings. The molecule has 0 atom stereocenters. The molecule has 60 valence electrons. The quantitative estimate of drug-likeness (QED) is 0.546. The van der Waals surface area contributed by atoms with E-state index in [4.69, 9.17) is 0 Å². The molecule has 0 amide bonds. The molecule has 0 fully saturated rings. The SMILES string of the molecule is Fc1ccc(F)c(CBr)c1Br. The molecule has 11 heavy (non-hydrogen) atoms. The molecule has 1 aromatic rings. The molecule has 0 spiro atoms. The van der Waals surface area contributed by atoms with Crippen molar-refractivity contribution in [2.45, 2.75) is 5.33 Å². The summed E-state index contributed by atoms with van der Waals surface area (Å²) in [6.45, 7) is 0. The Morgan fingerprint density at radius 1 is 1.18 bits per heavy atom. The zero-order valence-electron chi connectivity index (χ0n) is 5.37. The van der Waals surface area contributed by atoms with Gasteiger partial charge in [-0.2, -0.15) is 0 Å². The van der Waals surface area contributed by atoms with Crippen molar-refractivity contribution < 1.29 is 8.78 Å². The first-order valence-corrected chi connectivity index (χ1v) is 4.76. The zero-order valence-corrected chi connectivity index (χ0v) is 8.55. The minimum atomic E-state index is -0.444. The lowest BCUT2D eigenvalue weighted by Gasteiger charge is -2.01. The van der Waals surface area contributed by atoms with E-state index in [9.17, 15) is 8.78 Å². The predicted octanol–water partition coefficient (Wildman–Crippen LogP) is 3.62. The Morgan fingerprint density at radius 3 is 2.18 bits per heavy atom. The summed E-state index contributed by atoms with van der Waals surface area (Å²) < 4.78 is 25.7. The molecule has 0 saturated heterocycles. The van der Waals surface area contributed by atoms with Crippen LogP contribution < -0.4 is 0 Å². The first-order chi connectivity index (χ1) is 5.16. The van der Waals surface area contributed by atoms with Gasteiger partial charge in [0.2, 0.25) is 0 Å². The van der Waals surface area contributed by atoms with Crippen LogP contribution in [0.1, 0.15) is 5.56 Å². The highest BCUT2D eigenvalue weighted by Gasteiger charge is 2.09. The van der Waals surface area contributed by atoms with Gasteiger partial charge < -0.3 is 0 Å². The summed E-state index contributed by atoms with van der Waals surface area (Å²) in [5.74, 6) is -0.851.